The summed E-state index contributed by atoms with van der Waals surface area (Å²) in [5.41, 5.74) is 3.16. The van der Waals surface area contributed by atoms with E-state index in [2.05, 4.69) is 43.1 Å². The average molecular weight is 426 g/mol. The highest BCUT2D eigenvalue weighted by atomic mass is 32.1. The minimum absolute atomic E-state index is 0.659. The lowest BCUT2D eigenvalue weighted by molar-refractivity contribution is 1.04. The molecule has 0 fully saturated rings. The molecule has 0 aliphatic rings. The van der Waals surface area contributed by atoms with Crippen LogP contribution in [0.25, 0.3) is 32.7 Å². The summed E-state index contributed by atoms with van der Waals surface area (Å²) in [6.45, 7) is 1.34. The van der Waals surface area contributed by atoms with Gasteiger partial charge in [0, 0.05) is 54.4 Å². The Morgan fingerprint density at radius 3 is 2.42 bits per heavy atom. The molecule has 31 heavy (non-hydrogen) atoms. The maximum absolute atomic E-state index is 4.86. The van der Waals surface area contributed by atoms with Gasteiger partial charge >= 0.3 is 0 Å². The van der Waals surface area contributed by atoms with E-state index in [1.165, 1.54) is 0 Å². The third-order valence-electron chi connectivity index (χ3n) is 4.72. The van der Waals surface area contributed by atoms with Crippen molar-refractivity contribution in [2.24, 2.45) is 0 Å². The van der Waals surface area contributed by atoms with Crippen LogP contribution in [0.4, 0.5) is 11.6 Å². The zero-order valence-electron chi connectivity index (χ0n) is 16.6. The molecule has 0 amide bonds. The first-order chi connectivity index (χ1) is 15.4. The Morgan fingerprint density at radius 1 is 0.774 bits per heavy atom. The van der Waals surface area contributed by atoms with Crippen molar-refractivity contribution >= 4 is 33.2 Å². The van der Waals surface area contributed by atoms with Crippen molar-refractivity contribution in [1.82, 2.24) is 24.9 Å². The summed E-state index contributed by atoms with van der Waals surface area (Å²) >= 11 is 1.62. The van der Waals surface area contributed by atoms with Crippen LogP contribution in [0.1, 0.15) is 0 Å². The minimum Gasteiger partial charge on any atom is -0.368 e. The second-order valence-electron chi connectivity index (χ2n) is 6.78. The summed E-state index contributed by atoms with van der Waals surface area (Å²) in [6.07, 6.45) is 8.56. The second-order valence-corrected chi connectivity index (χ2v) is 7.64. The molecular formula is C23H19N7S. The number of nitrogens with one attached hydrogen (secondary N) is 2. The zero-order chi connectivity index (χ0) is 20.9. The van der Waals surface area contributed by atoms with Crippen molar-refractivity contribution in [3.8, 4) is 22.5 Å². The monoisotopic (exact) mass is 425 g/mol. The number of thiophene rings is 1. The molecule has 8 heteroatoms. The number of fused-ring (bicyclic) bond motifs is 1. The highest BCUT2D eigenvalue weighted by molar-refractivity contribution is 7.17. The topological polar surface area (TPSA) is 88.5 Å². The summed E-state index contributed by atoms with van der Waals surface area (Å²) < 4.78 is 0. The van der Waals surface area contributed by atoms with Gasteiger partial charge in [-0.25, -0.2) is 15.0 Å². The largest absolute Gasteiger partial charge is 0.368 e. The van der Waals surface area contributed by atoms with Gasteiger partial charge in [-0.3, -0.25) is 9.97 Å². The van der Waals surface area contributed by atoms with Gasteiger partial charge in [0.1, 0.15) is 16.5 Å². The minimum atomic E-state index is 0.659. The number of pyridine rings is 1. The van der Waals surface area contributed by atoms with E-state index in [1.54, 1.807) is 42.3 Å². The van der Waals surface area contributed by atoms with Gasteiger partial charge in [0.05, 0.1) is 11.6 Å². The molecular weight excluding hydrogens is 406 g/mol. The summed E-state index contributed by atoms with van der Waals surface area (Å²) in [7, 11) is 0. The molecule has 4 heterocycles. The summed E-state index contributed by atoms with van der Waals surface area (Å²) in [5.74, 6) is 2.21. The highest BCUT2D eigenvalue weighted by Crippen LogP contribution is 2.38. The number of rotatable bonds is 7. The molecule has 1 aromatic carbocycles. The Kier molecular flexibility index (Phi) is 5.44. The maximum Gasteiger partial charge on any atom is 0.164 e. The van der Waals surface area contributed by atoms with Crippen molar-refractivity contribution < 1.29 is 0 Å². The molecule has 0 spiro atoms. The van der Waals surface area contributed by atoms with Gasteiger partial charge in [-0.15, -0.1) is 11.3 Å². The van der Waals surface area contributed by atoms with Crippen LogP contribution >= 0.6 is 11.3 Å². The molecule has 152 valence electrons. The molecule has 0 bridgehead atoms. The molecule has 0 unspecified atom stereocenters. The van der Waals surface area contributed by atoms with E-state index in [1.807, 2.05) is 30.3 Å². The molecule has 4 aromatic heterocycles. The number of nitrogens with zero attached hydrogens (tertiary/aromatic N) is 5. The first-order valence-electron chi connectivity index (χ1n) is 9.87. The van der Waals surface area contributed by atoms with Crippen LogP contribution in [0.15, 0.2) is 78.8 Å². The van der Waals surface area contributed by atoms with E-state index >= 15 is 0 Å². The van der Waals surface area contributed by atoms with Gasteiger partial charge in [0.2, 0.25) is 0 Å². The summed E-state index contributed by atoms with van der Waals surface area (Å²) in [4.78, 5) is 23.2. The van der Waals surface area contributed by atoms with Gasteiger partial charge in [-0.1, -0.05) is 30.3 Å². The predicted molar refractivity (Wildman–Crippen MR) is 125 cm³/mol. The van der Waals surface area contributed by atoms with Crippen LogP contribution in [-0.2, 0) is 0 Å². The lowest BCUT2D eigenvalue weighted by Gasteiger charge is -2.11. The summed E-state index contributed by atoms with van der Waals surface area (Å²) in [5, 5.41) is 9.93. The van der Waals surface area contributed by atoms with Crippen molar-refractivity contribution in [2.45, 2.75) is 0 Å². The fourth-order valence-electron chi connectivity index (χ4n) is 3.29. The summed E-state index contributed by atoms with van der Waals surface area (Å²) in [6, 6.07) is 14.2. The molecule has 5 aromatic rings. The van der Waals surface area contributed by atoms with E-state index in [9.17, 15) is 0 Å². The molecule has 0 aliphatic carbocycles. The van der Waals surface area contributed by atoms with Gasteiger partial charge in [0.25, 0.3) is 0 Å². The van der Waals surface area contributed by atoms with Gasteiger partial charge < -0.3 is 10.6 Å². The average Bonchev–Trinajstić information content (AvgIpc) is 3.28. The normalized spacial score (nSPS) is 10.8. The number of anilines is 2. The van der Waals surface area contributed by atoms with Crippen molar-refractivity contribution in [3.05, 3.63) is 78.8 Å². The van der Waals surface area contributed by atoms with Crippen LogP contribution in [0.5, 0.6) is 0 Å². The van der Waals surface area contributed by atoms with Crippen LogP contribution in [-0.4, -0.2) is 38.0 Å². The smallest absolute Gasteiger partial charge is 0.164 e. The number of aromatic nitrogens is 5. The van der Waals surface area contributed by atoms with E-state index < -0.39 is 0 Å². The molecule has 0 aliphatic heterocycles. The zero-order valence-corrected chi connectivity index (χ0v) is 17.4. The van der Waals surface area contributed by atoms with E-state index in [0.717, 1.165) is 38.5 Å². The lowest BCUT2D eigenvalue weighted by Crippen LogP contribution is -2.15. The Labute approximate surface area is 183 Å². The van der Waals surface area contributed by atoms with Crippen molar-refractivity contribution in [3.63, 3.8) is 0 Å². The van der Waals surface area contributed by atoms with Crippen LogP contribution in [0.3, 0.4) is 0 Å². The van der Waals surface area contributed by atoms with Gasteiger partial charge in [-0.2, -0.15) is 0 Å². The standard InChI is InChI=1S/C23H19N7S/c1-2-5-16(6-3-1)18-15-31-23-20(18)22(28-12-11-27-19-14-25-9-10-26-19)29-21(30-23)17-7-4-8-24-13-17/h1-10,13-15H,11-12H2,(H,26,27)(H,28,29,30). The number of hydrogen-bond acceptors (Lipinski definition) is 8. The third-order valence-corrected chi connectivity index (χ3v) is 5.60. The first kappa shape index (κ1) is 19.1. The first-order valence-corrected chi connectivity index (χ1v) is 10.8. The molecule has 7 nitrogen and oxygen atoms in total. The fourth-order valence-corrected chi connectivity index (χ4v) is 4.23. The Hall–Kier alpha value is -3.91. The lowest BCUT2D eigenvalue weighted by atomic mass is 10.1. The van der Waals surface area contributed by atoms with Gasteiger partial charge in [-0.05, 0) is 17.7 Å². The molecule has 0 saturated carbocycles. The molecule has 0 atom stereocenters. The Balaban J connectivity index is 1.49. The predicted octanol–water partition coefficient (Wildman–Crippen LogP) is 4.73. The van der Waals surface area contributed by atoms with Crippen molar-refractivity contribution in [2.75, 3.05) is 23.7 Å². The molecule has 0 saturated heterocycles. The third kappa shape index (κ3) is 4.19. The number of hydrogen-bond donors (Lipinski definition) is 2. The van der Waals surface area contributed by atoms with Crippen LogP contribution in [0, 0.1) is 0 Å². The number of benzene rings is 1. The van der Waals surface area contributed by atoms with E-state index in [-0.39, 0.29) is 0 Å². The van der Waals surface area contributed by atoms with E-state index in [0.29, 0.717) is 18.9 Å². The van der Waals surface area contributed by atoms with E-state index in [4.69, 9.17) is 9.97 Å². The quantitative estimate of drug-likeness (QED) is 0.364. The molecule has 0 radical (unpaired) electrons. The SMILES string of the molecule is c1ccc(-c2csc3nc(-c4cccnc4)nc(NCCNc4cnccn4)c23)cc1. The maximum atomic E-state index is 4.86. The fraction of sp³-hybridized carbons (Fsp3) is 0.0870. The van der Waals surface area contributed by atoms with Crippen LogP contribution in [0.2, 0.25) is 0 Å². The Bertz CT molecular complexity index is 1280. The van der Waals surface area contributed by atoms with Crippen LogP contribution < -0.4 is 10.6 Å². The molecule has 5 rings (SSSR count). The second kappa shape index (κ2) is 8.85. The van der Waals surface area contributed by atoms with Crippen molar-refractivity contribution in [1.29, 1.82) is 0 Å². The molecule has 2 N–H and O–H groups in total. The Morgan fingerprint density at radius 2 is 1.61 bits per heavy atom. The van der Waals surface area contributed by atoms with Gasteiger partial charge in [0.15, 0.2) is 5.82 Å². The highest BCUT2D eigenvalue weighted by Gasteiger charge is 2.16.